The Hall–Kier alpha value is 0.670. The molecule has 1 aromatic rings. The van der Waals surface area contributed by atoms with Gasteiger partial charge in [0.05, 0.1) is 8.81 Å². The van der Waals surface area contributed by atoms with E-state index in [-0.39, 0.29) is 16.1 Å². The number of thiophene rings is 1. The smallest absolute Gasteiger partial charge is 0.209 e. The first-order valence-corrected chi connectivity index (χ1v) is 8.36. The van der Waals surface area contributed by atoms with Gasteiger partial charge in [0, 0.05) is 11.9 Å². The summed E-state index contributed by atoms with van der Waals surface area (Å²) in [6.07, 6.45) is 0.707. The number of sulfonamides is 1. The van der Waals surface area contributed by atoms with Crippen molar-refractivity contribution in [2.24, 2.45) is 0 Å². The first kappa shape index (κ1) is 14.7. The summed E-state index contributed by atoms with van der Waals surface area (Å²) in [6.45, 7) is 2.11. The van der Waals surface area contributed by atoms with Crippen molar-refractivity contribution in [3.05, 3.63) is 14.9 Å². The van der Waals surface area contributed by atoms with Crippen LogP contribution in [0.5, 0.6) is 0 Å². The maximum atomic E-state index is 11.8. The van der Waals surface area contributed by atoms with Gasteiger partial charge in [-0.3, -0.25) is 0 Å². The molecule has 0 aliphatic rings. The van der Waals surface area contributed by atoms with E-state index in [2.05, 4.69) is 20.7 Å². The third-order valence-electron chi connectivity index (χ3n) is 1.83. The molecule has 92 valence electrons. The first-order valence-electron chi connectivity index (χ1n) is 4.45. The molecule has 0 aromatic carbocycles. The standard InChI is InChI=1S/C8H10BrCl2NO2S2/c1-2-5(10)4-12-16(13,14)7-3-6(11)8(9)15-7/h3,5,12H,2,4H2,1H3. The molecule has 3 nitrogen and oxygen atoms in total. The number of nitrogens with one attached hydrogen (secondary N) is 1. The van der Waals surface area contributed by atoms with E-state index in [0.717, 1.165) is 11.3 Å². The second kappa shape index (κ2) is 6.02. The van der Waals surface area contributed by atoms with Crippen LogP contribution in [0.4, 0.5) is 0 Å². The molecule has 1 unspecified atom stereocenters. The average Bonchev–Trinajstić information content (AvgIpc) is 2.56. The van der Waals surface area contributed by atoms with Crippen LogP contribution < -0.4 is 4.72 Å². The van der Waals surface area contributed by atoms with Crippen LogP contribution in [-0.2, 0) is 10.0 Å². The summed E-state index contributed by atoms with van der Waals surface area (Å²) in [6, 6.07) is 1.41. The number of hydrogen-bond donors (Lipinski definition) is 1. The molecule has 16 heavy (non-hydrogen) atoms. The molecule has 0 aliphatic heterocycles. The summed E-state index contributed by atoms with van der Waals surface area (Å²) in [7, 11) is -3.50. The molecule has 0 bridgehead atoms. The molecule has 0 radical (unpaired) electrons. The number of halogens is 3. The number of alkyl halides is 1. The zero-order chi connectivity index (χ0) is 12.3. The van der Waals surface area contributed by atoms with E-state index in [9.17, 15) is 8.42 Å². The number of hydrogen-bond acceptors (Lipinski definition) is 3. The predicted molar refractivity (Wildman–Crippen MR) is 72.1 cm³/mol. The predicted octanol–water partition coefficient (Wildman–Crippen LogP) is 3.46. The molecule has 0 aliphatic carbocycles. The molecule has 8 heteroatoms. The van der Waals surface area contributed by atoms with E-state index >= 15 is 0 Å². The Kier molecular flexibility index (Phi) is 5.54. The molecular weight excluding hydrogens is 357 g/mol. The lowest BCUT2D eigenvalue weighted by Crippen LogP contribution is -2.29. The van der Waals surface area contributed by atoms with Gasteiger partial charge in [-0.25, -0.2) is 13.1 Å². The fraction of sp³-hybridized carbons (Fsp3) is 0.500. The van der Waals surface area contributed by atoms with Crippen LogP contribution in [0.15, 0.2) is 14.1 Å². The second-order valence-electron chi connectivity index (χ2n) is 3.04. The van der Waals surface area contributed by atoms with Gasteiger partial charge in [0.15, 0.2) is 0 Å². The van der Waals surface area contributed by atoms with Crippen molar-refractivity contribution in [2.45, 2.75) is 22.9 Å². The largest absolute Gasteiger partial charge is 0.250 e. The highest BCUT2D eigenvalue weighted by atomic mass is 79.9. The third kappa shape index (κ3) is 3.85. The Balaban J connectivity index is 2.78. The summed E-state index contributed by atoms with van der Waals surface area (Å²) in [4.78, 5) is 0. The van der Waals surface area contributed by atoms with Crippen molar-refractivity contribution in [3.8, 4) is 0 Å². The lowest BCUT2D eigenvalue weighted by Gasteiger charge is -2.07. The molecule has 1 atom stereocenters. The van der Waals surface area contributed by atoms with Crippen molar-refractivity contribution >= 4 is 60.5 Å². The normalized spacial score (nSPS) is 14.0. The van der Waals surface area contributed by atoms with Crippen LogP contribution in [0, 0.1) is 0 Å². The first-order chi connectivity index (χ1) is 7.36. The van der Waals surface area contributed by atoms with Gasteiger partial charge in [0.2, 0.25) is 10.0 Å². The molecule has 1 rings (SSSR count). The highest BCUT2D eigenvalue weighted by molar-refractivity contribution is 9.11. The highest BCUT2D eigenvalue weighted by Gasteiger charge is 2.19. The maximum absolute atomic E-state index is 11.8. The highest BCUT2D eigenvalue weighted by Crippen LogP contribution is 2.34. The summed E-state index contributed by atoms with van der Waals surface area (Å²) in [5.41, 5.74) is 0. The van der Waals surface area contributed by atoms with Crippen LogP contribution in [0.25, 0.3) is 0 Å². The summed E-state index contributed by atoms with van der Waals surface area (Å²) >= 11 is 15.8. The molecular formula is C8H10BrCl2NO2S2. The van der Waals surface area contributed by atoms with E-state index in [0.29, 0.717) is 15.2 Å². The fourth-order valence-electron chi connectivity index (χ4n) is 0.875. The zero-order valence-corrected chi connectivity index (χ0v) is 13.1. The van der Waals surface area contributed by atoms with Gasteiger partial charge in [0.1, 0.15) is 4.21 Å². The Bertz CT molecular complexity index is 441. The van der Waals surface area contributed by atoms with Gasteiger partial charge in [-0.15, -0.1) is 22.9 Å². The number of rotatable bonds is 5. The lowest BCUT2D eigenvalue weighted by atomic mass is 10.3. The molecule has 1 heterocycles. The Labute approximate surface area is 117 Å². The van der Waals surface area contributed by atoms with E-state index < -0.39 is 10.0 Å². The maximum Gasteiger partial charge on any atom is 0.250 e. The van der Waals surface area contributed by atoms with Crippen LogP contribution in [0.3, 0.4) is 0 Å². The van der Waals surface area contributed by atoms with Gasteiger partial charge in [-0.1, -0.05) is 18.5 Å². The van der Waals surface area contributed by atoms with E-state index in [1.54, 1.807) is 0 Å². The van der Waals surface area contributed by atoms with Crippen LogP contribution in [0.1, 0.15) is 13.3 Å². The van der Waals surface area contributed by atoms with Gasteiger partial charge < -0.3 is 0 Å². The third-order valence-corrected chi connectivity index (χ3v) is 6.66. The average molecular weight is 367 g/mol. The van der Waals surface area contributed by atoms with E-state index in [1.807, 2.05) is 6.92 Å². The minimum Gasteiger partial charge on any atom is -0.209 e. The zero-order valence-electron chi connectivity index (χ0n) is 8.34. The quantitative estimate of drug-likeness (QED) is 0.811. The van der Waals surface area contributed by atoms with Crippen molar-refractivity contribution in [1.82, 2.24) is 4.72 Å². The van der Waals surface area contributed by atoms with Crippen molar-refractivity contribution in [3.63, 3.8) is 0 Å². The Morgan fingerprint density at radius 3 is 2.69 bits per heavy atom. The van der Waals surface area contributed by atoms with Crippen LogP contribution in [-0.4, -0.2) is 20.3 Å². The summed E-state index contributed by atoms with van der Waals surface area (Å²) in [5.74, 6) is 0. The molecule has 0 spiro atoms. The fourth-order valence-corrected chi connectivity index (χ4v) is 4.57. The van der Waals surface area contributed by atoms with Crippen molar-refractivity contribution in [1.29, 1.82) is 0 Å². The molecule has 0 saturated carbocycles. The molecule has 0 amide bonds. The Morgan fingerprint density at radius 2 is 2.25 bits per heavy atom. The van der Waals surface area contributed by atoms with Gasteiger partial charge in [-0.05, 0) is 28.4 Å². The molecule has 0 fully saturated rings. The molecule has 1 N–H and O–H groups in total. The Morgan fingerprint density at radius 1 is 1.62 bits per heavy atom. The van der Waals surface area contributed by atoms with Crippen LogP contribution in [0.2, 0.25) is 5.02 Å². The monoisotopic (exact) mass is 365 g/mol. The lowest BCUT2D eigenvalue weighted by molar-refractivity contribution is 0.581. The molecule has 0 saturated heterocycles. The van der Waals surface area contributed by atoms with Gasteiger partial charge in [-0.2, -0.15) is 0 Å². The summed E-state index contributed by atoms with van der Waals surface area (Å²) < 4.78 is 26.8. The van der Waals surface area contributed by atoms with Gasteiger partial charge >= 0.3 is 0 Å². The van der Waals surface area contributed by atoms with Crippen molar-refractivity contribution in [2.75, 3.05) is 6.54 Å². The second-order valence-corrected chi connectivity index (χ2v) is 8.43. The topological polar surface area (TPSA) is 46.2 Å². The van der Waals surface area contributed by atoms with E-state index in [4.69, 9.17) is 23.2 Å². The minimum absolute atomic E-state index is 0.185. The minimum atomic E-state index is -3.50. The van der Waals surface area contributed by atoms with Crippen molar-refractivity contribution < 1.29 is 8.42 Å². The van der Waals surface area contributed by atoms with Gasteiger partial charge in [0.25, 0.3) is 0 Å². The summed E-state index contributed by atoms with van der Waals surface area (Å²) in [5, 5.41) is 0.192. The van der Waals surface area contributed by atoms with Crippen LogP contribution >= 0.6 is 50.5 Å². The van der Waals surface area contributed by atoms with E-state index in [1.165, 1.54) is 6.07 Å². The SMILES string of the molecule is CCC(Cl)CNS(=O)(=O)c1cc(Cl)c(Br)s1. The molecule has 1 aromatic heterocycles.